The van der Waals surface area contributed by atoms with Crippen molar-refractivity contribution < 1.29 is 0 Å². The Labute approximate surface area is 191 Å². The van der Waals surface area contributed by atoms with Crippen molar-refractivity contribution in [2.45, 2.75) is 19.5 Å². The van der Waals surface area contributed by atoms with Crippen molar-refractivity contribution in [3.8, 4) is 0 Å². The van der Waals surface area contributed by atoms with Gasteiger partial charge in [0.1, 0.15) is 11.6 Å². The van der Waals surface area contributed by atoms with Crippen LogP contribution in [0, 0.1) is 6.92 Å². The minimum Gasteiger partial charge on any atom is -0.368 e. The van der Waals surface area contributed by atoms with Gasteiger partial charge in [0.15, 0.2) is 0 Å². The summed E-state index contributed by atoms with van der Waals surface area (Å²) in [5.41, 5.74) is 1.62. The fourth-order valence-corrected chi connectivity index (χ4v) is 3.97. The van der Waals surface area contributed by atoms with Crippen LogP contribution in [-0.2, 0) is 6.54 Å². The highest BCUT2D eigenvalue weighted by Crippen LogP contribution is 2.26. The molecule has 1 N–H and O–H groups in total. The van der Waals surface area contributed by atoms with E-state index >= 15 is 0 Å². The largest absolute Gasteiger partial charge is 0.368 e. The summed E-state index contributed by atoms with van der Waals surface area (Å²) in [5.74, 6) is 1.32. The van der Waals surface area contributed by atoms with E-state index in [1.54, 1.807) is 6.20 Å². The number of hydrogen-bond donors (Lipinski definition) is 1. The number of nitrogens with zero attached hydrogens (tertiary/aromatic N) is 5. The van der Waals surface area contributed by atoms with E-state index in [4.69, 9.17) is 11.6 Å². The summed E-state index contributed by atoms with van der Waals surface area (Å²) >= 11 is 6.42. The van der Waals surface area contributed by atoms with Crippen LogP contribution in [0.3, 0.4) is 0 Å². The first-order valence-corrected chi connectivity index (χ1v) is 10.7. The molecule has 0 aliphatic rings. The standard InChI is InChI=1S/C24H25ClN6O/c1-16-28-18(15-31-24(32)19-9-5-4-8-17(19)13-27-31)12-23(29-16)26-14-22(30(2)3)20-10-6-7-11-21(20)25/h4-13,22H,14-15H2,1-3H3,(H,26,28,29)/t22-/m1/s1. The van der Waals surface area contributed by atoms with Crippen LogP contribution in [0.5, 0.6) is 0 Å². The lowest BCUT2D eigenvalue weighted by Gasteiger charge is -2.26. The Morgan fingerprint density at radius 2 is 1.84 bits per heavy atom. The molecule has 2 heterocycles. The number of benzene rings is 2. The highest BCUT2D eigenvalue weighted by Gasteiger charge is 2.17. The molecule has 0 aliphatic carbocycles. The van der Waals surface area contributed by atoms with Crippen LogP contribution >= 0.6 is 11.6 Å². The lowest BCUT2D eigenvalue weighted by atomic mass is 10.1. The van der Waals surface area contributed by atoms with Gasteiger partial charge in [0.2, 0.25) is 0 Å². The van der Waals surface area contributed by atoms with Gasteiger partial charge in [-0.15, -0.1) is 0 Å². The smallest absolute Gasteiger partial charge is 0.274 e. The molecule has 0 fully saturated rings. The number of likely N-dealkylation sites (N-methyl/N-ethyl adjacent to an activating group) is 1. The molecule has 32 heavy (non-hydrogen) atoms. The molecule has 2 aromatic heterocycles. The fourth-order valence-electron chi connectivity index (χ4n) is 3.71. The van der Waals surface area contributed by atoms with Crippen molar-refractivity contribution in [1.82, 2.24) is 24.6 Å². The summed E-state index contributed by atoms with van der Waals surface area (Å²) in [7, 11) is 4.04. The number of nitrogens with one attached hydrogen (secondary N) is 1. The third-order valence-corrected chi connectivity index (χ3v) is 5.67. The normalized spacial score (nSPS) is 12.3. The van der Waals surface area contributed by atoms with Gasteiger partial charge in [-0.2, -0.15) is 5.10 Å². The second-order valence-corrected chi connectivity index (χ2v) is 8.28. The van der Waals surface area contributed by atoms with E-state index in [9.17, 15) is 4.79 Å². The van der Waals surface area contributed by atoms with E-state index in [0.717, 1.165) is 16.0 Å². The van der Waals surface area contributed by atoms with Crippen LogP contribution in [-0.4, -0.2) is 45.3 Å². The van der Waals surface area contributed by atoms with Gasteiger partial charge in [0.05, 0.1) is 29.9 Å². The highest BCUT2D eigenvalue weighted by molar-refractivity contribution is 6.31. The van der Waals surface area contributed by atoms with Gasteiger partial charge in [-0.25, -0.2) is 14.6 Å². The van der Waals surface area contributed by atoms with Crippen LogP contribution in [0.2, 0.25) is 5.02 Å². The SMILES string of the molecule is Cc1nc(Cn2ncc3ccccc3c2=O)cc(NC[C@H](c2ccccc2Cl)N(C)C)n1. The Morgan fingerprint density at radius 3 is 2.62 bits per heavy atom. The molecule has 0 unspecified atom stereocenters. The predicted molar refractivity (Wildman–Crippen MR) is 128 cm³/mol. The minimum atomic E-state index is -0.139. The molecule has 8 heteroatoms. The maximum atomic E-state index is 12.8. The van der Waals surface area contributed by atoms with E-state index in [-0.39, 0.29) is 18.1 Å². The molecule has 4 aromatic rings. The third kappa shape index (κ3) is 4.79. The Kier molecular flexibility index (Phi) is 6.48. The number of aromatic nitrogens is 4. The molecule has 0 amide bonds. The molecule has 0 bridgehead atoms. The quantitative estimate of drug-likeness (QED) is 0.462. The molecule has 0 saturated carbocycles. The molecule has 0 aliphatic heterocycles. The Morgan fingerprint density at radius 1 is 1.09 bits per heavy atom. The summed E-state index contributed by atoms with van der Waals surface area (Å²) < 4.78 is 1.43. The van der Waals surface area contributed by atoms with Crippen molar-refractivity contribution >= 4 is 28.2 Å². The summed E-state index contributed by atoms with van der Waals surface area (Å²) in [6.07, 6.45) is 1.70. The summed E-state index contributed by atoms with van der Waals surface area (Å²) in [6, 6.07) is 17.2. The zero-order valence-corrected chi connectivity index (χ0v) is 19.0. The second kappa shape index (κ2) is 9.46. The first kappa shape index (κ1) is 21.9. The van der Waals surface area contributed by atoms with Crippen molar-refractivity contribution in [3.05, 3.63) is 93.3 Å². The van der Waals surface area contributed by atoms with Gasteiger partial charge in [0, 0.05) is 23.0 Å². The van der Waals surface area contributed by atoms with Crippen molar-refractivity contribution in [3.63, 3.8) is 0 Å². The number of rotatable bonds is 7. The summed E-state index contributed by atoms with van der Waals surface area (Å²) in [6.45, 7) is 2.72. The number of hydrogen-bond acceptors (Lipinski definition) is 6. The molecular formula is C24H25ClN6O. The van der Waals surface area contributed by atoms with Crippen LogP contribution in [0.25, 0.3) is 10.8 Å². The van der Waals surface area contributed by atoms with Crippen LogP contribution in [0.4, 0.5) is 5.82 Å². The first-order chi connectivity index (χ1) is 15.4. The molecule has 0 spiro atoms. The van der Waals surface area contributed by atoms with Crippen molar-refractivity contribution in [1.29, 1.82) is 0 Å². The number of fused-ring (bicyclic) bond motifs is 1. The summed E-state index contributed by atoms with van der Waals surface area (Å²) in [5, 5.41) is 9.91. The van der Waals surface area contributed by atoms with Gasteiger partial charge in [-0.1, -0.05) is 48.0 Å². The maximum absolute atomic E-state index is 12.8. The van der Waals surface area contributed by atoms with Crippen LogP contribution in [0.1, 0.15) is 23.1 Å². The Hall–Kier alpha value is -3.29. The molecule has 7 nitrogen and oxygen atoms in total. The Balaban J connectivity index is 1.56. The Bertz CT molecular complexity index is 1300. The molecule has 0 saturated heterocycles. The lowest BCUT2D eigenvalue weighted by Crippen LogP contribution is -2.27. The van der Waals surface area contributed by atoms with Gasteiger partial charge in [-0.3, -0.25) is 4.79 Å². The van der Waals surface area contributed by atoms with E-state index in [2.05, 4.69) is 25.3 Å². The van der Waals surface area contributed by atoms with Gasteiger partial charge in [-0.05, 0) is 38.7 Å². The molecule has 0 radical (unpaired) electrons. The average Bonchev–Trinajstić information content (AvgIpc) is 2.77. The van der Waals surface area contributed by atoms with Gasteiger partial charge < -0.3 is 10.2 Å². The maximum Gasteiger partial charge on any atom is 0.274 e. The highest BCUT2D eigenvalue weighted by atomic mass is 35.5. The molecule has 1 atom stereocenters. The lowest BCUT2D eigenvalue weighted by molar-refractivity contribution is 0.311. The second-order valence-electron chi connectivity index (χ2n) is 7.87. The van der Waals surface area contributed by atoms with Gasteiger partial charge in [0.25, 0.3) is 5.56 Å². The number of anilines is 1. The molecule has 4 rings (SSSR count). The zero-order valence-electron chi connectivity index (χ0n) is 18.3. The minimum absolute atomic E-state index is 0.0622. The molecule has 2 aromatic carbocycles. The molecule has 164 valence electrons. The fraction of sp³-hybridized carbons (Fsp3) is 0.250. The third-order valence-electron chi connectivity index (χ3n) is 5.33. The van der Waals surface area contributed by atoms with E-state index in [1.807, 2.05) is 75.6 Å². The number of aryl methyl sites for hydroxylation is 1. The van der Waals surface area contributed by atoms with Gasteiger partial charge >= 0.3 is 0 Å². The number of halogens is 1. The van der Waals surface area contributed by atoms with E-state index < -0.39 is 0 Å². The van der Waals surface area contributed by atoms with E-state index in [0.29, 0.717) is 29.3 Å². The van der Waals surface area contributed by atoms with Crippen LogP contribution in [0.15, 0.2) is 65.6 Å². The topological polar surface area (TPSA) is 75.9 Å². The zero-order chi connectivity index (χ0) is 22.7. The first-order valence-electron chi connectivity index (χ1n) is 10.4. The molecular weight excluding hydrogens is 424 g/mol. The monoisotopic (exact) mass is 448 g/mol. The summed E-state index contributed by atoms with van der Waals surface area (Å²) in [4.78, 5) is 23.9. The van der Waals surface area contributed by atoms with Crippen molar-refractivity contribution in [2.75, 3.05) is 26.0 Å². The van der Waals surface area contributed by atoms with Crippen LogP contribution < -0.4 is 10.9 Å². The average molecular weight is 449 g/mol. The van der Waals surface area contributed by atoms with E-state index in [1.165, 1.54) is 4.68 Å². The van der Waals surface area contributed by atoms with Crippen molar-refractivity contribution in [2.24, 2.45) is 0 Å². The predicted octanol–water partition coefficient (Wildman–Crippen LogP) is 3.91.